The van der Waals surface area contributed by atoms with Gasteiger partial charge in [-0.15, -0.1) is 0 Å². The van der Waals surface area contributed by atoms with Gasteiger partial charge in [-0.25, -0.2) is 8.42 Å². The first-order chi connectivity index (χ1) is 7.25. The standard InChI is InChI=1S/C12H27NO2S/c1-10(2)6-7-13-8-12(5)16(14,15)9-11(3)4/h10-13H,6-9H2,1-5H3. The van der Waals surface area contributed by atoms with Crippen molar-refractivity contribution in [2.24, 2.45) is 11.8 Å². The van der Waals surface area contributed by atoms with Crippen LogP contribution in [0.3, 0.4) is 0 Å². The molecule has 0 radical (unpaired) electrons. The van der Waals surface area contributed by atoms with Gasteiger partial charge in [0.2, 0.25) is 0 Å². The lowest BCUT2D eigenvalue weighted by atomic mass is 10.1. The Morgan fingerprint density at radius 3 is 2.00 bits per heavy atom. The number of rotatable bonds is 8. The monoisotopic (exact) mass is 249 g/mol. The van der Waals surface area contributed by atoms with Crippen LogP contribution in [0.25, 0.3) is 0 Å². The summed E-state index contributed by atoms with van der Waals surface area (Å²) in [4.78, 5) is 0. The maximum Gasteiger partial charge on any atom is 0.154 e. The van der Waals surface area contributed by atoms with E-state index in [-0.39, 0.29) is 11.2 Å². The maximum absolute atomic E-state index is 11.8. The van der Waals surface area contributed by atoms with Gasteiger partial charge < -0.3 is 5.32 Å². The van der Waals surface area contributed by atoms with E-state index in [0.29, 0.717) is 18.2 Å². The minimum atomic E-state index is -2.92. The van der Waals surface area contributed by atoms with E-state index >= 15 is 0 Å². The molecule has 0 amide bonds. The van der Waals surface area contributed by atoms with Gasteiger partial charge in [-0.05, 0) is 31.7 Å². The summed E-state index contributed by atoms with van der Waals surface area (Å²) in [6, 6.07) is 0. The summed E-state index contributed by atoms with van der Waals surface area (Å²) >= 11 is 0. The van der Waals surface area contributed by atoms with E-state index in [1.54, 1.807) is 6.92 Å². The van der Waals surface area contributed by atoms with Crippen molar-refractivity contribution >= 4 is 9.84 Å². The quantitative estimate of drug-likeness (QED) is 0.670. The molecule has 0 aliphatic carbocycles. The Morgan fingerprint density at radius 1 is 1.00 bits per heavy atom. The molecule has 0 aromatic heterocycles. The SMILES string of the molecule is CC(C)CCNCC(C)S(=O)(=O)CC(C)C. The van der Waals surface area contributed by atoms with Crippen LogP contribution in [-0.4, -0.2) is 32.5 Å². The molecule has 1 unspecified atom stereocenters. The Labute approximate surface area is 101 Å². The predicted molar refractivity (Wildman–Crippen MR) is 70.4 cm³/mol. The van der Waals surface area contributed by atoms with Gasteiger partial charge in [-0.1, -0.05) is 27.7 Å². The highest BCUT2D eigenvalue weighted by Crippen LogP contribution is 2.07. The van der Waals surface area contributed by atoms with Crippen LogP contribution in [-0.2, 0) is 9.84 Å². The Kier molecular flexibility index (Phi) is 7.24. The molecule has 0 fully saturated rings. The lowest BCUT2D eigenvalue weighted by Gasteiger charge is -2.15. The molecule has 0 heterocycles. The van der Waals surface area contributed by atoms with Crippen molar-refractivity contribution in [1.82, 2.24) is 5.32 Å². The van der Waals surface area contributed by atoms with Gasteiger partial charge in [0.25, 0.3) is 0 Å². The van der Waals surface area contributed by atoms with Crippen LogP contribution in [0.5, 0.6) is 0 Å². The fraction of sp³-hybridized carbons (Fsp3) is 1.00. The molecule has 0 aliphatic heterocycles. The predicted octanol–water partition coefficient (Wildman–Crippen LogP) is 2.08. The molecule has 0 spiro atoms. The van der Waals surface area contributed by atoms with E-state index in [1.807, 2.05) is 13.8 Å². The molecule has 0 aliphatic rings. The fourth-order valence-electron chi connectivity index (χ4n) is 1.45. The summed E-state index contributed by atoms with van der Waals surface area (Å²) in [6.45, 7) is 11.5. The van der Waals surface area contributed by atoms with Crippen LogP contribution in [0.2, 0.25) is 0 Å². The Bertz CT molecular complexity index is 271. The molecule has 0 aromatic carbocycles. The van der Waals surface area contributed by atoms with E-state index in [2.05, 4.69) is 19.2 Å². The van der Waals surface area contributed by atoms with Gasteiger partial charge in [-0.3, -0.25) is 0 Å². The largest absolute Gasteiger partial charge is 0.315 e. The van der Waals surface area contributed by atoms with Gasteiger partial charge in [0.15, 0.2) is 9.84 Å². The van der Waals surface area contributed by atoms with Crippen molar-refractivity contribution in [3.8, 4) is 0 Å². The minimum Gasteiger partial charge on any atom is -0.315 e. The Balaban J connectivity index is 3.92. The normalized spacial score (nSPS) is 14.7. The molecule has 0 bridgehead atoms. The highest BCUT2D eigenvalue weighted by Gasteiger charge is 2.21. The van der Waals surface area contributed by atoms with Gasteiger partial charge >= 0.3 is 0 Å². The van der Waals surface area contributed by atoms with Crippen LogP contribution >= 0.6 is 0 Å². The van der Waals surface area contributed by atoms with Crippen LogP contribution in [0.15, 0.2) is 0 Å². The summed E-state index contributed by atoms with van der Waals surface area (Å²) in [5.41, 5.74) is 0. The molecular formula is C12H27NO2S. The third kappa shape index (κ3) is 7.23. The average molecular weight is 249 g/mol. The fourth-order valence-corrected chi connectivity index (χ4v) is 3.08. The van der Waals surface area contributed by atoms with E-state index in [0.717, 1.165) is 13.0 Å². The third-order valence-corrected chi connectivity index (χ3v) is 5.03. The lowest BCUT2D eigenvalue weighted by molar-refractivity contribution is 0.526. The minimum absolute atomic E-state index is 0.211. The summed E-state index contributed by atoms with van der Waals surface area (Å²) in [6.07, 6.45) is 1.09. The zero-order chi connectivity index (χ0) is 12.8. The second-order valence-electron chi connectivity index (χ2n) is 5.42. The van der Waals surface area contributed by atoms with Crippen molar-refractivity contribution in [3.05, 3.63) is 0 Å². The molecule has 3 nitrogen and oxygen atoms in total. The van der Waals surface area contributed by atoms with E-state index in [1.165, 1.54) is 0 Å². The summed E-state index contributed by atoms with van der Waals surface area (Å²) in [7, 11) is -2.92. The summed E-state index contributed by atoms with van der Waals surface area (Å²) < 4.78 is 23.7. The van der Waals surface area contributed by atoms with Gasteiger partial charge in [0.05, 0.1) is 11.0 Å². The molecule has 0 rings (SSSR count). The van der Waals surface area contributed by atoms with Crippen LogP contribution in [0, 0.1) is 11.8 Å². The maximum atomic E-state index is 11.8. The summed E-state index contributed by atoms with van der Waals surface area (Å²) in [5, 5.41) is 2.94. The van der Waals surface area contributed by atoms with Crippen LogP contribution < -0.4 is 5.32 Å². The molecule has 0 saturated heterocycles. The lowest BCUT2D eigenvalue weighted by Crippen LogP contribution is -2.34. The molecule has 0 saturated carbocycles. The van der Waals surface area contributed by atoms with Crippen LogP contribution in [0.4, 0.5) is 0 Å². The molecule has 16 heavy (non-hydrogen) atoms. The molecule has 1 atom stereocenters. The first-order valence-corrected chi connectivity index (χ1v) is 7.89. The van der Waals surface area contributed by atoms with E-state index < -0.39 is 9.84 Å². The summed E-state index contributed by atoms with van der Waals surface area (Å²) in [5.74, 6) is 1.17. The zero-order valence-electron chi connectivity index (χ0n) is 11.3. The van der Waals surface area contributed by atoms with Crippen LogP contribution in [0.1, 0.15) is 41.0 Å². The van der Waals surface area contributed by atoms with Crippen molar-refractivity contribution in [2.75, 3.05) is 18.8 Å². The van der Waals surface area contributed by atoms with E-state index in [4.69, 9.17) is 0 Å². The van der Waals surface area contributed by atoms with Crippen molar-refractivity contribution in [3.63, 3.8) is 0 Å². The number of sulfone groups is 1. The van der Waals surface area contributed by atoms with Crippen molar-refractivity contribution < 1.29 is 8.42 Å². The molecule has 4 heteroatoms. The molecule has 1 N–H and O–H groups in total. The first-order valence-electron chi connectivity index (χ1n) is 6.18. The number of hydrogen-bond acceptors (Lipinski definition) is 3. The zero-order valence-corrected chi connectivity index (χ0v) is 12.1. The van der Waals surface area contributed by atoms with Crippen molar-refractivity contribution in [1.29, 1.82) is 0 Å². The number of nitrogens with one attached hydrogen (secondary N) is 1. The highest BCUT2D eigenvalue weighted by molar-refractivity contribution is 7.92. The third-order valence-electron chi connectivity index (χ3n) is 2.51. The number of hydrogen-bond donors (Lipinski definition) is 1. The van der Waals surface area contributed by atoms with E-state index in [9.17, 15) is 8.42 Å². The van der Waals surface area contributed by atoms with Crippen molar-refractivity contribution in [2.45, 2.75) is 46.3 Å². The van der Waals surface area contributed by atoms with Gasteiger partial charge in [-0.2, -0.15) is 0 Å². The molecule has 0 aromatic rings. The second-order valence-corrected chi connectivity index (χ2v) is 7.88. The smallest absolute Gasteiger partial charge is 0.154 e. The van der Waals surface area contributed by atoms with Gasteiger partial charge in [0, 0.05) is 6.54 Å². The average Bonchev–Trinajstić information content (AvgIpc) is 2.09. The topological polar surface area (TPSA) is 46.2 Å². The molecule has 98 valence electrons. The Hall–Kier alpha value is -0.0900. The first kappa shape index (κ1) is 15.9. The molecular weight excluding hydrogens is 222 g/mol. The van der Waals surface area contributed by atoms with Gasteiger partial charge in [0.1, 0.15) is 0 Å². The second kappa shape index (κ2) is 7.28. The Morgan fingerprint density at radius 2 is 1.56 bits per heavy atom. The highest BCUT2D eigenvalue weighted by atomic mass is 32.2.